The molecule has 0 aromatic heterocycles. The van der Waals surface area contributed by atoms with E-state index in [0.717, 1.165) is 10.8 Å². The highest BCUT2D eigenvalue weighted by molar-refractivity contribution is 6.91. The first kappa shape index (κ1) is 42.8. The van der Waals surface area contributed by atoms with E-state index in [9.17, 15) is 24.8 Å². The van der Waals surface area contributed by atoms with Crippen molar-refractivity contribution >= 4 is 48.0 Å². The molecule has 2 aliphatic heterocycles. The number of nitrogens with zero attached hydrogens (tertiary/aromatic N) is 3. The molecule has 316 valence electrons. The molecule has 2 N–H and O–H groups in total. The van der Waals surface area contributed by atoms with E-state index in [1.54, 1.807) is 72.6 Å². The maximum atomic E-state index is 15.4. The molecule has 14 heteroatoms. The van der Waals surface area contributed by atoms with Crippen LogP contribution < -0.4 is 24.9 Å². The number of amides is 3. The van der Waals surface area contributed by atoms with Gasteiger partial charge in [-0.1, -0.05) is 79.8 Å². The van der Waals surface area contributed by atoms with Crippen molar-refractivity contribution < 1.29 is 38.6 Å². The second kappa shape index (κ2) is 17.7. The third kappa shape index (κ3) is 8.38. The second-order valence-corrected chi connectivity index (χ2v) is 20.8. The first-order valence-corrected chi connectivity index (χ1v) is 23.3. The number of aliphatic hydroxyl groups is 1. The van der Waals surface area contributed by atoms with Gasteiger partial charge in [-0.2, -0.15) is 0 Å². The van der Waals surface area contributed by atoms with Crippen LogP contribution in [0.4, 0.5) is 17.1 Å². The Morgan fingerprint density at radius 1 is 0.902 bits per heavy atom. The lowest BCUT2D eigenvalue weighted by molar-refractivity contribution is -0.385. The minimum absolute atomic E-state index is 0.0721. The van der Waals surface area contributed by atoms with E-state index in [1.165, 1.54) is 12.1 Å². The Labute approximate surface area is 356 Å². The molecule has 0 radical (unpaired) electrons. The number of nitro benzene ring substituents is 1. The van der Waals surface area contributed by atoms with Crippen molar-refractivity contribution in [1.29, 1.82) is 0 Å². The van der Waals surface area contributed by atoms with Gasteiger partial charge in [-0.3, -0.25) is 24.5 Å². The van der Waals surface area contributed by atoms with Crippen LogP contribution in [0.25, 0.3) is 0 Å². The van der Waals surface area contributed by atoms with E-state index in [1.807, 2.05) is 67.6 Å². The van der Waals surface area contributed by atoms with Crippen molar-refractivity contribution in [3.8, 4) is 11.5 Å². The van der Waals surface area contributed by atoms with Gasteiger partial charge >= 0.3 is 0 Å². The number of hydrogen-bond acceptors (Lipinski definition) is 9. The van der Waals surface area contributed by atoms with Crippen molar-refractivity contribution in [3.63, 3.8) is 0 Å². The molecular weight excluding hydrogens is 793 g/mol. The van der Waals surface area contributed by atoms with Crippen LogP contribution in [-0.4, -0.2) is 74.2 Å². The zero-order valence-electron chi connectivity index (χ0n) is 34.9. The number of aliphatic hydroxyl groups excluding tert-OH is 1. The highest BCUT2D eigenvalue weighted by atomic mass is 28.3. The Hall–Kier alpha value is -6.35. The van der Waals surface area contributed by atoms with Gasteiger partial charge in [-0.15, -0.1) is 0 Å². The number of benzene rings is 5. The van der Waals surface area contributed by atoms with Crippen LogP contribution in [0.3, 0.4) is 0 Å². The van der Waals surface area contributed by atoms with Gasteiger partial charge in [0.15, 0.2) is 5.60 Å². The number of rotatable bonds is 15. The summed E-state index contributed by atoms with van der Waals surface area (Å²) in [5.74, 6) is -0.173. The number of anilines is 2. The number of methoxy groups -OCH3 is 2. The lowest BCUT2D eigenvalue weighted by Crippen LogP contribution is -2.52. The molecule has 1 spiro atoms. The number of carbonyl (C=O) groups excluding carboxylic acids is 3. The van der Waals surface area contributed by atoms with E-state index < -0.39 is 30.6 Å². The molecule has 5 aromatic carbocycles. The van der Waals surface area contributed by atoms with Crippen LogP contribution in [0.5, 0.6) is 11.5 Å². The highest BCUT2D eigenvalue weighted by Gasteiger charge is 2.66. The monoisotopic (exact) mass is 842 g/mol. The summed E-state index contributed by atoms with van der Waals surface area (Å²) in [6, 6.07) is 35.7. The standard InChI is InChI=1S/C47H50N4O9Si/c1-31-44(61(4,5)39-21-19-38(59-3)20-22-39)42(28-43(53)49(24-25-52)29-32-10-7-6-8-11-32)60-47(31)40-27-36(51(56)57)16-23-41(40)50(46(47)55)30-33-12-9-13-35(26-33)48-45(54)34-14-17-37(58-2)18-15-34/h6-23,26-27,31,42,44,52H,24-25,28-30H2,1-5H3,(H,48,54)/t31-,42+,44-,47+/m0/s1. The van der Waals surface area contributed by atoms with Crippen molar-refractivity contribution in [2.45, 2.75) is 56.8 Å². The van der Waals surface area contributed by atoms with Gasteiger partial charge < -0.3 is 34.4 Å². The molecule has 0 aliphatic carbocycles. The van der Waals surface area contributed by atoms with Crippen molar-refractivity contribution in [2.75, 3.05) is 37.6 Å². The van der Waals surface area contributed by atoms with E-state index in [4.69, 9.17) is 14.2 Å². The van der Waals surface area contributed by atoms with Crippen molar-refractivity contribution in [2.24, 2.45) is 5.92 Å². The molecule has 1 fully saturated rings. The fourth-order valence-electron chi connectivity index (χ4n) is 9.17. The molecule has 5 aromatic rings. The summed E-state index contributed by atoms with van der Waals surface area (Å²) in [5, 5.41) is 26.3. The minimum atomic E-state index is -2.69. The average Bonchev–Trinajstić information content (AvgIpc) is 3.69. The number of fused-ring (bicyclic) bond motifs is 2. The summed E-state index contributed by atoms with van der Waals surface area (Å²) in [6.07, 6.45) is -0.848. The molecule has 0 unspecified atom stereocenters. The number of ether oxygens (including phenoxy) is 3. The van der Waals surface area contributed by atoms with Crippen LogP contribution in [-0.2, 0) is 33.0 Å². The Morgan fingerprint density at radius 2 is 1.56 bits per heavy atom. The Bertz CT molecular complexity index is 2410. The van der Waals surface area contributed by atoms with E-state index in [-0.39, 0.29) is 61.6 Å². The van der Waals surface area contributed by atoms with E-state index in [2.05, 4.69) is 18.4 Å². The Morgan fingerprint density at radius 3 is 2.20 bits per heavy atom. The minimum Gasteiger partial charge on any atom is -0.497 e. The quantitative estimate of drug-likeness (QED) is 0.0641. The smallest absolute Gasteiger partial charge is 0.269 e. The van der Waals surface area contributed by atoms with Crippen molar-refractivity contribution in [1.82, 2.24) is 4.90 Å². The maximum absolute atomic E-state index is 15.4. The van der Waals surface area contributed by atoms with Crippen LogP contribution in [0, 0.1) is 16.0 Å². The Balaban J connectivity index is 1.27. The van der Waals surface area contributed by atoms with Crippen LogP contribution >= 0.6 is 0 Å². The highest BCUT2D eigenvalue weighted by Crippen LogP contribution is 2.60. The van der Waals surface area contributed by atoms with Crippen LogP contribution in [0.1, 0.15) is 40.4 Å². The number of nitro groups is 1. The van der Waals surface area contributed by atoms with Crippen molar-refractivity contribution in [3.05, 3.63) is 154 Å². The average molecular weight is 843 g/mol. The molecule has 2 heterocycles. The second-order valence-electron chi connectivity index (χ2n) is 16.1. The third-order valence-corrected chi connectivity index (χ3v) is 16.6. The van der Waals surface area contributed by atoms with Crippen LogP contribution in [0.2, 0.25) is 18.6 Å². The molecule has 3 amide bonds. The summed E-state index contributed by atoms with van der Waals surface area (Å²) in [6.45, 7) is 6.57. The molecule has 0 saturated carbocycles. The lowest BCUT2D eigenvalue weighted by Gasteiger charge is -2.37. The number of non-ortho nitro benzene ring substituents is 1. The summed E-state index contributed by atoms with van der Waals surface area (Å²) in [4.78, 5) is 58.0. The van der Waals surface area contributed by atoms with Gasteiger partial charge in [0.25, 0.3) is 17.5 Å². The fourth-order valence-corrected chi connectivity index (χ4v) is 13.2. The van der Waals surface area contributed by atoms with Gasteiger partial charge in [0, 0.05) is 48.0 Å². The van der Waals surface area contributed by atoms with E-state index in [0.29, 0.717) is 39.6 Å². The number of nitrogens with one attached hydrogen (secondary N) is 1. The summed E-state index contributed by atoms with van der Waals surface area (Å²) in [5.41, 5.74) is 1.21. The zero-order chi connectivity index (χ0) is 43.5. The predicted octanol–water partition coefficient (Wildman–Crippen LogP) is 7.04. The lowest BCUT2D eigenvalue weighted by atomic mass is 9.82. The van der Waals surface area contributed by atoms with Gasteiger partial charge in [0.1, 0.15) is 11.5 Å². The van der Waals surface area contributed by atoms with Gasteiger partial charge in [0.2, 0.25) is 5.91 Å². The van der Waals surface area contributed by atoms with Gasteiger partial charge in [-0.05, 0) is 71.3 Å². The maximum Gasteiger partial charge on any atom is 0.269 e. The first-order valence-electron chi connectivity index (χ1n) is 20.2. The first-order chi connectivity index (χ1) is 29.3. The molecule has 0 bridgehead atoms. The third-order valence-electron chi connectivity index (χ3n) is 12.2. The molecule has 61 heavy (non-hydrogen) atoms. The van der Waals surface area contributed by atoms with Gasteiger partial charge in [-0.25, -0.2) is 0 Å². The molecule has 7 rings (SSSR count). The summed E-state index contributed by atoms with van der Waals surface area (Å²) >= 11 is 0. The predicted molar refractivity (Wildman–Crippen MR) is 235 cm³/mol. The number of carbonyl (C=O) groups is 3. The summed E-state index contributed by atoms with van der Waals surface area (Å²) in [7, 11) is 0.469. The largest absolute Gasteiger partial charge is 0.497 e. The summed E-state index contributed by atoms with van der Waals surface area (Å²) < 4.78 is 17.8. The molecule has 4 atom stereocenters. The molecular formula is C47H50N4O9Si. The molecule has 2 aliphatic rings. The van der Waals surface area contributed by atoms with Gasteiger partial charge in [0.05, 0.1) is 58.6 Å². The number of hydrogen-bond donors (Lipinski definition) is 2. The topological polar surface area (TPSA) is 161 Å². The normalized spacial score (nSPS) is 19.4. The SMILES string of the molecule is COc1ccc(C(=O)Nc2cccc(CN3C(=O)[C@]4(O[C@H](CC(=O)N(CCO)Cc5ccccc5)[C@@H]([Si](C)(C)c5ccc(OC)cc5)[C@@H]4C)c4cc([N+](=O)[O-])ccc43)c2)cc1. The Kier molecular flexibility index (Phi) is 12.4. The zero-order valence-corrected chi connectivity index (χ0v) is 35.9. The molecule has 13 nitrogen and oxygen atoms in total. The van der Waals surface area contributed by atoms with E-state index >= 15 is 4.79 Å². The fraction of sp³-hybridized carbons (Fsp3) is 0.298. The molecule has 1 saturated heterocycles. The van der Waals surface area contributed by atoms with Crippen LogP contribution in [0.15, 0.2) is 121 Å².